The fraction of sp³-hybridized carbons (Fsp3) is 0.294. The highest BCUT2D eigenvalue weighted by Gasteiger charge is 2.13. The fourth-order valence-electron chi connectivity index (χ4n) is 2.39. The van der Waals surface area contributed by atoms with Crippen molar-refractivity contribution < 1.29 is 0 Å². The van der Waals surface area contributed by atoms with Gasteiger partial charge in [0.05, 0.1) is 12.2 Å². The summed E-state index contributed by atoms with van der Waals surface area (Å²) >= 11 is 0. The summed E-state index contributed by atoms with van der Waals surface area (Å²) in [5, 5.41) is 7.79. The van der Waals surface area contributed by atoms with Gasteiger partial charge < -0.3 is 10.6 Å². The van der Waals surface area contributed by atoms with E-state index in [1.54, 1.807) is 0 Å². The molecule has 0 amide bonds. The molecule has 4 nitrogen and oxygen atoms in total. The fourth-order valence-corrected chi connectivity index (χ4v) is 2.39. The molecule has 1 heterocycles. The molecule has 0 aliphatic heterocycles. The lowest BCUT2D eigenvalue weighted by molar-refractivity contribution is 0.804. The maximum Gasteiger partial charge on any atom is 0.124 e. The SMILES string of the molecule is CCN(Cc1cccc(C)n1)c1ccc(C)cc1C(=N)N. The van der Waals surface area contributed by atoms with Crippen molar-refractivity contribution in [3.63, 3.8) is 0 Å². The number of rotatable bonds is 5. The Morgan fingerprint density at radius 2 is 2.00 bits per heavy atom. The number of nitrogen functional groups attached to an aromatic ring is 1. The van der Waals surface area contributed by atoms with E-state index in [-0.39, 0.29) is 5.84 Å². The predicted octanol–water partition coefficient (Wildman–Crippen LogP) is 3.01. The highest BCUT2D eigenvalue weighted by Crippen LogP contribution is 2.23. The van der Waals surface area contributed by atoms with E-state index in [4.69, 9.17) is 11.1 Å². The first-order valence-electron chi connectivity index (χ1n) is 7.13. The largest absolute Gasteiger partial charge is 0.384 e. The van der Waals surface area contributed by atoms with Gasteiger partial charge in [0, 0.05) is 23.5 Å². The minimum atomic E-state index is 0.101. The maximum atomic E-state index is 7.79. The van der Waals surface area contributed by atoms with Crippen LogP contribution in [0.2, 0.25) is 0 Å². The highest BCUT2D eigenvalue weighted by atomic mass is 15.1. The van der Waals surface area contributed by atoms with Gasteiger partial charge in [-0.2, -0.15) is 0 Å². The van der Waals surface area contributed by atoms with Gasteiger partial charge in [-0.15, -0.1) is 0 Å². The molecule has 21 heavy (non-hydrogen) atoms. The number of nitrogens with two attached hydrogens (primary N) is 1. The van der Waals surface area contributed by atoms with Crippen molar-refractivity contribution in [2.45, 2.75) is 27.3 Å². The molecule has 0 radical (unpaired) electrons. The van der Waals surface area contributed by atoms with Gasteiger partial charge >= 0.3 is 0 Å². The first kappa shape index (κ1) is 15.0. The summed E-state index contributed by atoms with van der Waals surface area (Å²) in [5.41, 5.74) is 10.6. The van der Waals surface area contributed by atoms with Crippen LogP contribution in [0.1, 0.15) is 29.4 Å². The summed E-state index contributed by atoms with van der Waals surface area (Å²) in [6, 6.07) is 12.1. The van der Waals surface area contributed by atoms with Crippen LogP contribution in [0.15, 0.2) is 36.4 Å². The Kier molecular flexibility index (Phi) is 4.58. The molecule has 3 N–H and O–H groups in total. The van der Waals surface area contributed by atoms with Crippen molar-refractivity contribution in [3.05, 3.63) is 58.9 Å². The quantitative estimate of drug-likeness (QED) is 0.654. The zero-order chi connectivity index (χ0) is 15.4. The van der Waals surface area contributed by atoms with E-state index < -0.39 is 0 Å². The maximum absolute atomic E-state index is 7.79. The minimum absolute atomic E-state index is 0.101. The third-order valence-electron chi connectivity index (χ3n) is 3.46. The van der Waals surface area contributed by atoms with E-state index in [9.17, 15) is 0 Å². The van der Waals surface area contributed by atoms with Crippen molar-refractivity contribution in [3.8, 4) is 0 Å². The Bertz CT molecular complexity index is 649. The lowest BCUT2D eigenvalue weighted by Crippen LogP contribution is -2.26. The van der Waals surface area contributed by atoms with E-state index in [2.05, 4.69) is 16.8 Å². The van der Waals surface area contributed by atoms with Gasteiger partial charge in [0.15, 0.2) is 0 Å². The summed E-state index contributed by atoms with van der Waals surface area (Å²) in [7, 11) is 0. The van der Waals surface area contributed by atoms with Crippen molar-refractivity contribution in [1.29, 1.82) is 5.41 Å². The average molecular weight is 282 g/mol. The first-order chi connectivity index (χ1) is 10.0. The van der Waals surface area contributed by atoms with E-state index in [0.29, 0.717) is 6.54 Å². The van der Waals surface area contributed by atoms with E-state index in [1.807, 2.05) is 50.2 Å². The lowest BCUT2D eigenvalue weighted by atomic mass is 10.1. The number of pyridine rings is 1. The topological polar surface area (TPSA) is 66.0 Å². The van der Waals surface area contributed by atoms with Gasteiger partial charge in [-0.1, -0.05) is 17.7 Å². The van der Waals surface area contributed by atoms with Gasteiger partial charge in [-0.3, -0.25) is 10.4 Å². The van der Waals surface area contributed by atoms with Crippen LogP contribution in [-0.2, 0) is 6.54 Å². The lowest BCUT2D eigenvalue weighted by Gasteiger charge is -2.25. The molecule has 0 saturated carbocycles. The second-order valence-electron chi connectivity index (χ2n) is 5.22. The molecule has 0 aliphatic carbocycles. The Balaban J connectivity index is 2.35. The minimum Gasteiger partial charge on any atom is -0.384 e. The van der Waals surface area contributed by atoms with Crippen molar-refractivity contribution >= 4 is 11.5 Å². The molecule has 0 unspecified atom stereocenters. The number of nitrogens with one attached hydrogen (secondary N) is 1. The number of amidine groups is 1. The number of aryl methyl sites for hydroxylation is 2. The van der Waals surface area contributed by atoms with Crippen LogP contribution in [0.3, 0.4) is 0 Å². The van der Waals surface area contributed by atoms with E-state index in [0.717, 1.165) is 34.7 Å². The van der Waals surface area contributed by atoms with Crippen LogP contribution in [-0.4, -0.2) is 17.4 Å². The molecule has 2 rings (SSSR count). The zero-order valence-electron chi connectivity index (χ0n) is 12.9. The molecule has 0 fully saturated rings. The van der Waals surface area contributed by atoms with Crippen molar-refractivity contribution in [2.75, 3.05) is 11.4 Å². The normalized spacial score (nSPS) is 10.4. The van der Waals surface area contributed by atoms with Crippen molar-refractivity contribution in [2.24, 2.45) is 5.73 Å². The predicted molar refractivity (Wildman–Crippen MR) is 87.9 cm³/mol. The summed E-state index contributed by atoms with van der Waals surface area (Å²) < 4.78 is 0. The second kappa shape index (κ2) is 6.39. The molecule has 1 aromatic carbocycles. The van der Waals surface area contributed by atoms with E-state index >= 15 is 0 Å². The van der Waals surface area contributed by atoms with E-state index in [1.165, 1.54) is 0 Å². The monoisotopic (exact) mass is 282 g/mol. The molecule has 0 spiro atoms. The Hall–Kier alpha value is -2.36. The third-order valence-corrected chi connectivity index (χ3v) is 3.46. The summed E-state index contributed by atoms with van der Waals surface area (Å²) in [6.45, 7) is 7.64. The van der Waals surface area contributed by atoms with Crippen LogP contribution in [0, 0.1) is 19.3 Å². The van der Waals surface area contributed by atoms with Gasteiger partial charge in [0.2, 0.25) is 0 Å². The summed E-state index contributed by atoms with van der Waals surface area (Å²) in [5.74, 6) is 0.101. The van der Waals surface area contributed by atoms with Crippen LogP contribution in [0.4, 0.5) is 5.69 Å². The molecule has 110 valence electrons. The molecule has 0 saturated heterocycles. The highest BCUT2D eigenvalue weighted by molar-refractivity contribution is 6.00. The number of anilines is 1. The number of hydrogen-bond donors (Lipinski definition) is 2. The molecule has 1 aromatic heterocycles. The molecule has 0 atom stereocenters. The molecular formula is C17H22N4. The molecule has 0 aliphatic rings. The first-order valence-corrected chi connectivity index (χ1v) is 7.13. The van der Waals surface area contributed by atoms with Crippen LogP contribution < -0.4 is 10.6 Å². The van der Waals surface area contributed by atoms with Gasteiger partial charge in [0.25, 0.3) is 0 Å². The van der Waals surface area contributed by atoms with Gasteiger partial charge in [-0.25, -0.2) is 0 Å². The second-order valence-corrected chi connectivity index (χ2v) is 5.22. The van der Waals surface area contributed by atoms with Gasteiger partial charge in [0.1, 0.15) is 5.84 Å². The molecule has 0 bridgehead atoms. The Labute approximate surface area is 126 Å². The number of benzene rings is 1. The Morgan fingerprint density at radius 1 is 1.24 bits per heavy atom. The summed E-state index contributed by atoms with van der Waals surface area (Å²) in [4.78, 5) is 6.74. The number of aromatic nitrogens is 1. The zero-order valence-corrected chi connectivity index (χ0v) is 12.9. The summed E-state index contributed by atoms with van der Waals surface area (Å²) in [6.07, 6.45) is 0. The Morgan fingerprint density at radius 3 is 2.62 bits per heavy atom. The third kappa shape index (κ3) is 3.60. The van der Waals surface area contributed by atoms with Crippen LogP contribution in [0.25, 0.3) is 0 Å². The van der Waals surface area contributed by atoms with Crippen LogP contribution in [0.5, 0.6) is 0 Å². The molecule has 4 heteroatoms. The van der Waals surface area contributed by atoms with Crippen molar-refractivity contribution in [1.82, 2.24) is 4.98 Å². The smallest absolute Gasteiger partial charge is 0.124 e. The number of nitrogens with zero attached hydrogens (tertiary/aromatic N) is 2. The molecular weight excluding hydrogens is 260 g/mol. The standard InChI is InChI=1S/C17H22N4/c1-4-21(11-14-7-5-6-13(3)20-14)16-9-8-12(2)10-15(16)17(18)19/h5-10H,4,11H2,1-3H3,(H3,18,19). The average Bonchev–Trinajstić information content (AvgIpc) is 2.45. The van der Waals surface area contributed by atoms with Crippen LogP contribution >= 0.6 is 0 Å². The van der Waals surface area contributed by atoms with Gasteiger partial charge in [-0.05, 0) is 45.0 Å². The number of hydrogen-bond acceptors (Lipinski definition) is 3. The molecule has 2 aromatic rings.